The predicted octanol–water partition coefficient (Wildman–Crippen LogP) is 5.67. The number of halogens is 1. The Morgan fingerprint density at radius 2 is 1.79 bits per heavy atom. The molecule has 7 heteroatoms. The fourth-order valence-electron chi connectivity index (χ4n) is 3.74. The lowest BCUT2D eigenvalue weighted by Gasteiger charge is -2.21. The lowest BCUT2D eigenvalue weighted by atomic mass is 9.97. The highest BCUT2D eigenvalue weighted by Crippen LogP contribution is 2.36. The molecule has 3 aromatic carbocycles. The zero-order valence-corrected chi connectivity index (χ0v) is 19.5. The first-order valence-corrected chi connectivity index (χ1v) is 11.1. The van der Waals surface area contributed by atoms with Crippen LogP contribution in [0.1, 0.15) is 36.1 Å². The Kier molecular flexibility index (Phi) is 7.09. The molecule has 0 fully saturated rings. The van der Waals surface area contributed by atoms with Crippen LogP contribution in [-0.2, 0) is 9.59 Å². The third-order valence-electron chi connectivity index (χ3n) is 5.36. The molecule has 3 aromatic rings. The molecular weight excluding hydrogens is 452 g/mol. The molecule has 0 saturated heterocycles. The average molecular weight is 475 g/mol. The normalized spacial score (nSPS) is 15.3. The van der Waals surface area contributed by atoms with E-state index < -0.39 is 5.97 Å². The zero-order chi connectivity index (χ0) is 24.1. The van der Waals surface area contributed by atoms with Crippen LogP contribution in [0.25, 0.3) is 6.08 Å². The van der Waals surface area contributed by atoms with Gasteiger partial charge in [-0.05, 0) is 47.5 Å². The van der Waals surface area contributed by atoms with Gasteiger partial charge in [0.1, 0.15) is 11.5 Å². The van der Waals surface area contributed by atoms with Gasteiger partial charge in [0.2, 0.25) is 0 Å². The lowest BCUT2D eigenvalue weighted by Crippen LogP contribution is -2.25. The fraction of sp³-hybridized carbons (Fsp3) is 0.148. The van der Waals surface area contributed by atoms with Gasteiger partial charge < -0.3 is 9.47 Å². The Labute approximate surface area is 203 Å². The maximum Gasteiger partial charge on any atom is 0.308 e. The van der Waals surface area contributed by atoms with Crippen LogP contribution in [0.15, 0.2) is 84.0 Å². The van der Waals surface area contributed by atoms with Gasteiger partial charge in [-0.15, -0.1) is 0 Å². The van der Waals surface area contributed by atoms with Crippen LogP contribution in [0.4, 0.5) is 0 Å². The van der Waals surface area contributed by atoms with Gasteiger partial charge in [-0.1, -0.05) is 54.1 Å². The number of nitrogens with zero attached hydrogens (tertiary/aromatic N) is 2. The Morgan fingerprint density at radius 3 is 2.47 bits per heavy atom. The van der Waals surface area contributed by atoms with Crippen molar-refractivity contribution >= 4 is 35.3 Å². The summed E-state index contributed by atoms with van der Waals surface area (Å²) in [4.78, 5) is 24.9. The smallest absolute Gasteiger partial charge is 0.308 e. The van der Waals surface area contributed by atoms with Gasteiger partial charge in [0.15, 0.2) is 0 Å². The first kappa shape index (κ1) is 23.3. The van der Waals surface area contributed by atoms with Crippen LogP contribution in [0.5, 0.6) is 11.5 Å². The second-order valence-corrected chi connectivity index (χ2v) is 8.14. The summed E-state index contributed by atoms with van der Waals surface area (Å²) in [5.74, 6) is 0.346. The van der Waals surface area contributed by atoms with Crippen LogP contribution < -0.4 is 9.47 Å². The summed E-state index contributed by atoms with van der Waals surface area (Å²) in [6, 6.07) is 21.7. The van der Waals surface area contributed by atoms with Crippen molar-refractivity contribution in [3.8, 4) is 11.5 Å². The number of benzene rings is 3. The molecule has 1 aliphatic heterocycles. The summed E-state index contributed by atoms with van der Waals surface area (Å²) in [6.45, 7) is 1.33. The molecule has 0 bridgehead atoms. The number of carbonyl (C=O) groups excluding carboxylic acids is 2. The Hall–Kier alpha value is -3.90. The fourth-order valence-corrected chi connectivity index (χ4v) is 3.91. The van der Waals surface area contributed by atoms with E-state index >= 15 is 0 Å². The number of rotatable bonds is 6. The van der Waals surface area contributed by atoms with Crippen LogP contribution in [0.3, 0.4) is 0 Å². The van der Waals surface area contributed by atoms with Gasteiger partial charge in [-0.25, -0.2) is 5.01 Å². The van der Waals surface area contributed by atoms with Gasteiger partial charge in [-0.3, -0.25) is 9.59 Å². The summed E-state index contributed by atoms with van der Waals surface area (Å²) in [7, 11) is 1.60. The first-order valence-electron chi connectivity index (χ1n) is 10.7. The minimum atomic E-state index is -0.451. The number of hydrogen-bond donors (Lipinski definition) is 0. The second kappa shape index (κ2) is 10.4. The monoisotopic (exact) mass is 474 g/mol. The molecule has 1 aliphatic rings. The summed E-state index contributed by atoms with van der Waals surface area (Å²) in [6.07, 6.45) is 3.68. The Morgan fingerprint density at radius 1 is 1.06 bits per heavy atom. The van der Waals surface area contributed by atoms with Gasteiger partial charge in [0.05, 0.1) is 18.9 Å². The summed E-state index contributed by atoms with van der Waals surface area (Å²) in [5.41, 5.74) is 2.98. The minimum absolute atomic E-state index is 0.268. The topological polar surface area (TPSA) is 68.2 Å². The van der Waals surface area contributed by atoms with Crippen LogP contribution in [-0.4, -0.2) is 29.7 Å². The molecule has 0 aromatic heterocycles. The van der Waals surface area contributed by atoms with E-state index in [1.165, 1.54) is 18.0 Å². The van der Waals surface area contributed by atoms with Gasteiger partial charge >= 0.3 is 5.97 Å². The Balaban J connectivity index is 1.71. The van der Waals surface area contributed by atoms with Crippen molar-refractivity contribution < 1.29 is 19.1 Å². The standard InChI is InChI=1S/C27H23ClN2O4/c1-18(31)34-26-14-11-21(28)16-23(26)24-17-25(20-9-12-22(33-2)13-10-20)30(29-24)27(32)15-8-19-6-4-3-5-7-19/h3-16,25H,17H2,1-2H3/b15-8+. The van der Waals surface area contributed by atoms with Gasteiger partial charge in [-0.2, -0.15) is 5.10 Å². The number of hydrazone groups is 1. The van der Waals surface area contributed by atoms with Crippen molar-refractivity contribution in [1.82, 2.24) is 5.01 Å². The van der Waals surface area contributed by atoms with Crippen molar-refractivity contribution in [2.45, 2.75) is 19.4 Å². The third kappa shape index (κ3) is 5.35. The molecule has 34 heavy (non-hydrogen) atoms. The van der Waals surface area contributed by atoms with Crippen molar-refractivity contribution in [3.05, 3.63) is 101 Å². The van der Waals surface area contributed by atoms with E-state index in [1.807, 2.05) is 54.6 Å². The molecule has 0 spiro atoms. The van der Waals surface area contributed by atoms with E-state index in [0.29, 0.717) is 28.5 Å². The maximum absolute atomic E-state index is 13.2. The van der Waals surface area contributed by atoms with Crippen molar-refractivity contribution in [1.29, 1.82) is 0 Å². The number of ether oxygens (including phenoxy) is 2. The number of esters is 1. The highest BCUT2D eigenvalue weighted by molar-refractivity contribution is 6.31. The zero-order valence-electron chi connectivity index (χ0n) is 18.8. The highest BCUT2D eigenvalue weighted by Gasteiger charge is 2.33. The van der Waals surface area contributed by atoms with Crippen molar-refractivity contribution in [2.75, 3.05) is 7.11 Å². The second-order valence-electron chi connectivity index (χ2n) is 7.70. The van der Waals surface area contributed by atoms with Crippen molar-refractivity contribution in [3.63, 3.8) is 0 Å². The first-order chi connectivity index (χ1) is 16.4. The number of carbonyl (C=O) groups is 2. The van der Waals surface area contributed by atoms with E-state index in [9.17, 15) is 9.59 Å². The molecule has 172 valence electrons. The van der Waals surface area contributed by atoms with E-state index in [2.05, 4.69) is 5.10 Å². The largest absolute Gasteiger partial charge is 0.497 e. The van der Waals surface area contributed by atoms with E-state index in [4.69, 9.17) is 21.1 Å². The number of methoxy groups -OCH3 is 1. The van der Waals surface area contributed by atoms with E-state index in [-0.39, 0.29) is 11.9 Å². The highest BCUT2D eigenvalue weighted by atomic mass is 35.5. The third-order valence-corrected chi connectivity index (χ3v) is 5.60. The van der Waals surface area contributed by atoms with Crippen LogP contribution >= 0.6 is 11.6 Å². The number of amides is 1. The molecule has 6 nitrogen and oxygen atoms in total. The summed E-state index contributed by atoms with van der Waals surface area (Å²) in [5, 5.41) is 6.58. The summed E-state index contributed by atoms with van der Waals surface area (Å²) >= 11 is 6.23. The maximum atomic E-state index is 13.2. The van der Waals surface area contributed by atoms with Gasteiger partial charge in [0.25, 0.3) is 5.91 Å². The molecule has 0 aliphatic carbocycles. The molecule has 0 radical (unpaired) electrons. The molecular formula is C27H23ClN2O4. The van der Waals surface area contributed by atoms with Gasteiger partial charge in [0, 0.05) is 30.0 Å². The quantitative estimate of drug-likeness (QED) is 0.262. The van der Waals surface area contributed by atoms with Crippen LogP contribution in [0, 0.1) is 0 Å². The molecule has 0 N–H and O–H groups in total. The lowest BCUT2D eigenvalue weighted by molar-refractivity contribution is -0.132. The average Bonchev–Trinajstić information content (AvgIpc) is 3.29. The number of hydrogen-bond acceptors (Lipinski definition) is 5. The van der Waals surface area contributed by atoms with Crippen LogP contribution in [0.2, 0.25) is 5.02 Å². The van der Waals surface area contributed by atoms with E-state index in [0.717, 1.165) is 16.9 Å². The van der Waals surface area contributed by atoms with E-state index in [1.54, 1.807) is 31.4 Å². The Bertz CT molecular complexity index is 1250. The molecule has 1 atom stereocenters. The SMILES string of the molecule is COc1ccc(C2CC(c3cc(Cl)ccc3OC(C)=O)=NN2C(=O)/C=C/c2ccccc2)cc1. The minimum Gasteiger partial charge on any atom is -0.497 e. The molecule has 1 unspecified atom stereocenters. The molecule has 0 saturated carbocycles. The predicted molar refractivity (Wildman–Crippen MR) is 132 cm³/mol. The molecule has 1 heterocycles. The van der Waals surface area contributed by atoms with Crippen molar-refractivity contribution in [2.24, 2.45) is 5.10 Å². The summed E-state index contributed by atoms with van der Waals surface area (Å²) < 4.78 is 10.6. The molecule has 1 amide bonds. The molecule has 4 rings (SSSR count).